The van der Waals surface area contributed by atoms with Gasteiger partial charge in [0.15, 0.2) is 0 Å². The fourth-order valence-corrected chi connectivity index (χ4v) is 3.88. The van der Waals surface area contributed by atoms with Crippen LogP contribution in [-0.2, 0) is 14.8 Å². The zero-order chi connectivity index (χ0) is 17.6. The van der Waals surface area contributed by atoms with Crippen LogP contribution >= 0.6 is 0 Å². The molecule has 3 unspecified atom stereocenters. The minimum atomic E-state index is -3.16. The number of sulfonamides is 1. The highest BCUT2D eigenvalue weighted by atomic mass is 32.2. The molecule has 0 bridgehead atoms. The molecule has 8 heteroatoms. The van der Waals surface area contributed by atoms with Crippen molar-refractivity contribution in [3.05, 3.63) is 0 Å². The number of likely N-dealkylation sites (N-methyl/N-ethyl adjacent to an activating group) is 1. The number of nitriles is 1. The van der Waals surface area contributed by atoms with Gasteiger partial charge in [-0.05, 0) is 19.3 Å². The third-order valence-corrected chi connectivity index (χ3v) is 5.73. The summed E-state index contributed by atoms with van der Waals surface area (Å²) in [4.78, 5) is 13.9. The van der Waals surface area contributed by atoms with E-state index in [0.717, 1.165) is 6.42 Å². The summed E-state index contributed by atoms with van der Waals surface area (Å²) in [6, 6.07) is 1.81. The lowest BCUT2D eigenvalue weighted by Gasteiger charge is -2.39. The molecule has 7 nitrogen and oxygen atoms in total. The molecule has 0 radical (unpaired) electrons. The normalized spacial score (nSPS) is 24.0. The first-order valence-electron chi connectivity index (χ1n) is 8.03. The lowest BCUT2D eigenvalue weighted by atomic mass is 9.90. The minimum absolute atomic E-state index is 0.0411. The number of piperidine rings is 1. The first-order chi connectivity index (χ1) is 10.7. The van der Waals surface area contributed by atoms with Gasteiger partial charge in [-0.1, -0.05) is 13.3 Å². The molecule has 0 aromatic rings. The Labute approximate surface area is 139 Å². The first kappa shape index (κ1) is 19.9. The van der Waals surface area contributed by atoms with Gasteiger partial charge < -0.3 is 10.2 Å². The largest absolute Gasteiger partial charge is 0.343 e. The molecule has 1 aliphatic heterocycles. The highest BCUT2D eigenvalue weighted by Crippen LogP contribution is 2.22. The van der Waals surface area contributed by atoms with Gasteiger partial charge in [-0.3, -0.25) is 4.79 Å². The Morgan fingerprint density at radius 1 is 1.52 bits per heavy atom. The number of hydrogen-bond acceptors (Lipinski definition) is 5. The predicted octanol–water partition coefficient (Wildman–Crippen LogP) is 0.397. The molecule has 1 rings (SSSR count). The van der Waals surface area contributed by atoms with Crippen molar-refractivity contribution in [2.24, 2.45) is 5.92 Å². The Morgan fingerprint density at radius 3 is 2.70 bits per heavy atom. The van der Waals surface area contributed by atoms with Crippen molar-refractivity contribution in [2.75, 3.05) is 32.9 Å². The highest BCUT2D eigenvalue weighted by Gasteiger charge is 2.33. The van der Waals surface area contributed by atoms with Gasteiger partial charge >= 0.3 is 0 Å². The van der Waals surface area contributed by atoms with E-state index < -0.39 is 10.0 Å². The number of amides is 1. The van der Waals surface area contributed by atoms with E-state index in [1.54, 1.807) is 11.9 Å². The number of hydrogen-bond donors (Lipinski definition) is 1. The van der Waals surface area contributed by atoms with Crippen molar-refractivity contribution in [3.63, 3.8) is 0 Å². The lowest BCUT2D eigenvalue weighted by Crippen LogP contribution is -2.55. The monoisotopic (exact) mass is 344 g/mol. The van der Waals surface area contributed by atoms with Crippen molar-refractivity contribution in [1.82, 2.24) is 14.5 Å². The molecule has 0 spiro atoms. The van der Waals surface area contributed by atoms with E-state index in [1.165, 1.54) is 10.6 Å². The van der Waals surface area contributed by atoms with Crippen molar-refractivity contribution >= 4 is 15.9 Å². The molecular weight excluding hydrogens is 316 g/mol. The molecule has 1 heterocycles. The van der Waals surface area contributed by atoms with Gasteiger partial charge in [0, 0.05) is 32.7 Å². The van der Waals surface area contributed by atoms with Gasteiger partial charge in [-0.25, -0.2) is 12.7 Å². The van der Waals surface area contributed by atoms with Crippen LogP contribution in [0.3, 0.4) is 0 Å². The van der Waals surface area contributed by atoms with Crippen molar-refractivity contribution in [2.45, 2.75) is 45.2 Å². The predicted molar refractivity (Wildman–Crippen MR) is 89.1 cm³/mol. The van der Waals surface area contributed by atoms with Crippen molar-refractivity contribution in [3.8, 4) is 6.07 Å². The second kappa shape index (κ2) is 8.62. The summed E-state index contributed by atoms with van der Waals surface area (Å²) in [5.74, 6) is 0.152. The van der Waals surface area contributed by atoms with Gasteiger partial charge in [0.05, 0.1) is 24.8 Å². The summed E-state index contributed by atoms with van der Waals surface area (Å²) in [5.41, 5.74) is 0. The van der Waals surface area contributed by atoms with Crippen LogP contribution in [-0.4, -0.2) is 68.6 Å². The maximum Gasteiger partial charge on any atom is 0.239 e. The van der Waals surface area contributed by atoms with Crippen LogP contribution < -0.4 is 5.32 Å². The molecule has 1 fully saturated rings. The van der Waals surface area contributed by atoms with E-state index in [-0.39, 0.29) is 23.9 Å². The van der Waals surface area contributed by atoms with Crippen molar-refractivity contribution < 1.29 is 13.2 Å². The molecule has 132 valence electrons. The number of carbonyl (C=O) groups excluding carboxylic acids is 1. The zero-order valence-corrected chi connectivity index (χ0v) is 15.3. The molecule has 0 aliphatic carbocycles. The SMILES string of the molecule is CCC1CN(S(C)(=O)=O)CCC1NC(C)C(=O)N(C)CCC#N. The van der Waals surface area contributed by atoms with Gasteiger partial charge in [-0.2, -0.15) is 5.26 Å². The maximum atomic E-state index is 12.3. The topological polar surface area (TPSA) is 93.5 Å². The second-order valence-corrected chi connectivity index (χ2v) is 8.22. The van der Waals surface area contributed by atoms with Gasteiger partial charge in [0.2, 0.25) is 15.9 Å². The smallest absolute Gasteiger partial charge is 0.239 e. The van der Waals surface area contributed by atoms with E-state index in [9.17, 15) is 13.2 Å². The molecule has 0 aromatic heterocycles. The lowest BCUT2D eigenvalue weighted by molar-refractivity contribution is -0.132. The summed E-state index contributed by atoms with van der Waals surface area (Å²) in [7, 11) is -1.47. The van der Waals surface area contributed by atoms with Crippen LogP contribution in [0.2, 0.25) is 0 Å². The molecular formula is C15H28N4O3S. The third kappa shape index (κ3) is 5.75. The van der Waals surface area contributed by atoms with E-state index >= 15 is 0 Å². The van der Waals surface area contributed by atoms with Crippen molar-refractivity contribution in [1.29, 1.82) is 5.26 Å². The summed E-state index contributed by atoms with van der Waals surface area (Å²) in [6.07, 6.45) is 3.11. The van der Waals surface area contributed by atoms with Crippen LogP contribution in [0, 0.1) is 17.2 Å². The molecule has 23 heavy (non-hydrogen) atoms. The summed E-state index contributed by atoms with van der Waals surface area (Å²) in [5, 5.41) is 11.9. The quantitative estimate of drug-likeness (QED) is 0.721. The van der Waals surface area contributed by atoms with Crippen LogP contribution in [0.1, 0.15) is 33.1 Å². The number of carbonyl (C=O) groups is 1. The van der Waals surface area contributed by atoms with Crippen LogP contribution in [0.4, 0.5) is 0 Å². The fourth-order valence-electron chi connectivity index (χ4n) is 2.98. The molecule has 1 N–H and O–H groups in total. The third-order valence-electron chi connectivity index (χ3n) is 4.46. The van der Waals surface area contributed by atoms with Gasteiger partial charge in [0.1, 0.15) is 0 Å². The Bertz CT molecular complexity index is 543. The Morgan fingerprint density at radius 2 is 2.17 bits per heavy atom. The van der Waals surface area contributed by atoms with E-state index in [1.807, 2.05) is 19.9 Å². The maximum absolute atomic E-state index is 12.3. The summed E-state index contributed by atoms with van der Waals surface area (Å²) in [6.45, 7) is 5.26. The number of nitrogens with one attached hydrogen (secondary N) is 1. The van der Waals surface area contributed by atoms with Crippen LogP contribution in [0.15, 0.2) is 0 Å². The average molecular weight is 344 g/mol. The average Bonchev–Trinajstić information content (AvgIpc) is 2.50. The van der Waals surface area contributed by atoms with Gasteiger partial charge in [0.25, 0.3) is 0 Å². The molecule has 1 aliphatic rings. The van der Waals surface area contributed by atoms with Gasteiger partial charge in [-0.15, -0.1) is 0 Å². The molecule has 3 atom stereocenters. The number of rotatable bonds is 7. The Balaban J connectivity index is 2.62. The first-order valence-corrected chi connectivity index (χ1v) is 9.88. The zero-order valence-electron chi connectivity index (χ0n) is 14.4. The van der Waals surface area contributed by atoms with E-state index in [2.05, 4.69) is 5.32 Å². The van der Waals surface area contributed by atoms with Crippen LogP contribution in [0.5, 0.6) is 0 Å². The summed E-state index contributed by atoms with van der Waals surface area (Å²) >= 11 is 0. The summed E-state index contributed by atoms with van der Waals surface area (Å²) < 4.78 is 24.9. The Kier molecular flexibility index (Phi) is 7.45. The van der Waals surface area contributed by atoms with E-state index in [4.69, 9.17) is 5.26 Å². The minimum Gasteiger partial charge on any atom is -0.343 e. The molecule has 1 amide bonds. The molecule has 0 saturated carbocycles. The fraction of sp³-hybridized carbons (Fsp3) is 0.867. The molecule has 1 saturated heterocycles. The Hall–Kier alpha value is -1.17. The highest BCUT2D eigenvalue weighted by molar-refractivity contribution is 7.88. The van der Waals surface area contributed by atoms with Crippen LogP contribution in [0.25, 0.3) is 0 Å². The van der Waals surface area contributed by atoms with E-state index in [0.29, 0.717) is 32.5 Å². The number of nitrogens with zero attached hydrogens (tertiary/aromatic N) is 3. The second-order valence-electron chi connectivity index (χ2n) is 6.24. The molecule has 0 aromatic carbocycles. The standard InChI is InChI=1S/C15H28N4O3S/c1-5-13-11-19(23(4,21)22)10-7-14(13)17-12(2)15(20)18(3)9-6-8-16/h12-14,17H,5-7,9-11H2,1-4H3.